The molecule has 1 saturated carbocycles. The van der Waals surface area contributed by atoms with Crippen molar-refractivity contribution in [2.24, 2.45) is 5.92 Å². The monoisotopic (exact) mass is 511 g/mol. The first-order chi connectivity index (χ1) is 17.1. The van der Waals surface area contributed by atoms with E-state index in [1.807, 2.05) is 19.1 Å². The molecule has 36 heavy (non-hydrogen) atoms. The van der Waals surface area contributed by atoms with Crippen molar-refractivity contribution in [1.29, 1.82) is 0 Å². The van der Waals surface area contributed by atoms with E-state index < -0.39 is 21.9 Å². The van der Waals surface area contributed by atoms with Gasteiger partial charge >= 0.3 is 5.97 Å². The fourth-order valence-corrected chi connectivity index (χ4v) is 7.25. The quantitative estimate of drug-likeness (QED) is 0.369. The van der Waals surface area contributed by atoms with Crippen molar-refractivity contribution in [2.75, 3.05) is 10.9 Å². The number of amides is 1. The molecule has 1 fully saturated rings. The highest BCUT2D eigenvalue weighted by Gasteiger charge is 2.38. The Morgan fingerprint density at radius 2 is 1.64 bits per heavy atom. The van der Waals surface area contributed by atoms with Gasteiger partial charge in [-0.1, -0.05) is 37.0 Å². The number of esters is 1. The fourth-order valence-electron chi connectivity index (χ4n) is 5.36. The SMILES string of the molecule is CCOC(=O)c1c(C)oc2ccc(N(C(=O)C3CCCCC3)S(=O)(=O)c3c(C)cc(C)cc3C)cc12. The largest absolute Gasteiger partial charge is 0.462 e. The van der Waals surface area contributed by atoms with Crippen molar-refractivity contribution >= 4 is 38.6 Å². The Labute approximate surface area is 212 Å². The molecule has 0 unspecified atom stereocenters. The second-order valence-corrected chi connectivity index (χ2v) is 11.3. The van der Waals surface area contributed by atoms with Crippen LogP contribution in [0.1, 0.15) is 71.8 Å². The molecule has 1 aliphatic carbocycles. The molecule has 1 aliphatic rings. The molecule has 7 nitrogen and oxygen atoms in total. The first-order valence-corrected chi connectivity index (χ1v) is 13.9. The van der Waals surface area contributed by atoms with Crippen molar-refractivity contribution in [3.63, 3.8) is 0 Å². The predicted octanol–water partition coefficient (Wildman–Crippen LogP) is 6.15. The van der Waals surface area contributed by atoms with Crippen LogP contribution in [-0.2, 0) is 19.6 Å². The number of ether oxygens (including phenoxy) is 1. The first-order valence-electron chi connectivity index (χ1n) is 12.4. The molecule has 4 rings (SSSR count). The number of rotatable bonds is 6. The Kier molecular flexibility index (Phi) is 7.27. The summed E-state index contributed by atoms with van der Waals surface area (Å²) in [5, 5.41) is 0.414. The molecule has 8 heteroatoms. The Balaban J connectivity index is 1.93. The number of fused-ring (bicyclic) bond motifs is 1. The van der Waals surface area contributed by atoms with Crippen LogP contribution in [0.4, 0.5) is 5.69 Å². The number of hydrogen-bond acceptors (Lipinski definition) is 6. The summed E-state index contributed by atoms with van der Waals surface area (Å²) in [6.45, 7) is 8.97. The standard InChI is InChI=1S/C28H33NO6S/c1-6-34-28(31)25-20(5)35-24-13-12-22(16-23(24)25)29(27(30)21-10-8-7-9-11-21)36(32,33)26-18(3)14-17(2)15-19(26)4/h12-16,21H,6-11H2,1-5H3. The molecule has 0 spiro atoms. The topological polar surface area (TPSA) is 93.9 Å². The van der Waals surface area contributed by atoms with Crippen molar-refractivity contribution in [3.8, 4) is 0 Å². The molecular formula is C28H33NO6S. The zero-order valence-corrected chi connectivity index (χ0v) is 22.3. The van der Waals surface area contributed by atoms with Crippen LogP contribution in [0.15, 0.2) is 39.6 Å². The average molecular weight is 512 g/mol. The maximum atomic E-state index is 14.2. The molecule has 1 heterocycles. The van der Waals surface area contributed by atoms with Crippen LogP contribution in [0.25, 0.3) is 11.0 Å². The highest BCUT2D eigenvalue weighted by atomic mass is 32.2. The minimum absolute atomic E-state index is 0.131. The lowest BCUT2D eigenvalue weighted by Crippen LogP contribution is -2.42. The van der Waals surface area contributed by atoms with Crippen LogP contribution in [0.3, 0.4) is 0 Å². The van der Waals surface area contributed by atoms with Gasteiger partial charge in [0.25, 0.3) is 10.0 Å². The molecule has 192 valence electrons. The Morgan fingerprint density at radius 3 is 2.25 bits per heavy atom. The lowest BCUT2D eigenvalue weighted by Gasteiger charge is -2.30. The number of carbonyl (C=O) groups excluding carboxylic acids is 2. The van der Waals surface area contributed by atoms with E-state index in [9.17, 15) is 18.0 Å². The highest BCUT2D eigenvalue weighted by Crippen LogP contribution is 2.36. The van der Waals surface area contributed by atoms with Crippen molar-refractivity contribution in [2.45, 2.75) is 71.6 Å². The number of benzene rings is 2. The van der Waals surface area contributed by atoms with E-state index in [1.165, 1.54) is 0 Å². The number of anilines is 1. The third-order valence-corrected chi connectivity index (χ3v) is 8.85. The van der Waals surface area contributed by atoms with Gasteiger partial charge in [-0.25, -0.2) is 17.5 Å². The van der Waals surface area contributed by atoms with Gasteiger partial charge in [0.2, 0.25) is 5.91 Å². The third kappa shape index (κ3) is 4.66. The minimum atomic E-state index is -4.25. The smallest absolute Gasteiger partial charge is 0.342 e. The van der Waals surface area contributed by atoms with Gasteiger partial charge < -0.3 is 9.15 Å². The Hall–Kier alpha value is -3.13. The molecule has 0 radical (unpaired) electrons. The zero-order chi connectivity index (χ0) is 26.2. The molecular weight excluding hydrogens is 478 g/mol. The van der Waals surface area contributed by atoms with Crippen molar-refractivity contribution in [3.05, 3.63) is 58.3 Å². The number of furan rings is 1. The summed E-state index contributed by atoms with van der Waals surface area (Å²) < 4.78 is 40.3. The maximum absolute atomic E-state index is 14.2. The van der Waals surface area contributed by atoms with E-state index in [-0.39, 0.29) is 28.7 Å². The molecule has 1 amide bonds. The van der Waals surface area contributed by atoms with Gasteiger partial charge in [-0.15, -0.1) is 0 Å². The zero-order valence-electron chi connectivity index (χ0n) is 21.5. The fraction of sp³-hybridized carbons (Fsp3) is 0.429. The second-order valence-electron chi connectivity index (χ2n) is 9.60. The number of nitrogens with zero attached hydrogens (tertiary/aromatic N) is 1. The number of sulfonamides is 1. The summed E-state index contributed by atoms with van der Waals surface area (Å²) in [5.74, 6) is -1.000. The molecule has 0 bridgehead atoms. The van der Waals surface area contributed by atoms with Gasteiger partial charge in [-0.05, 0) is 76.8 Å². The first kappa shape index (κ1) is 25.9. The lowest BCUT2D eigenvalue weighted by molar-refractivity contribution is -0.122. The Bertz CT molecular complexity index is 1410. The lowest BCUT2D eigenvalue weighted by atomic mass is 9.88. The van der Waals surface area contributed by atoms with Gasteiger partial charge in [0, 0.05) is 11.3 Å². The molecule has 0 atom stereocenters. The van der Waals surface area contributed by atoms with Crippen molar-refractivity contribution in [1.82, 2.24) is 0 Å². The predicted molar refractivity (Wildman–Crippen MR) is 139 cm³/mol. The third-order valence-electron chi connectivity index (χ3n) is 6.82. The average Bonchev–Trinajstić information content (AvgIpc) is 3.14. The summed E-state index contributed by atoms with van der Waals surface area (Å²) >= 11 is 0. The summed E-state index contributed by atoms with van der Waals surface area (Å²) in [4.78, 5) is 26.7. The second kappa shape index (κ2) is 10.1. The summed E-state index contributed by atoms with van der Waals surface area (Å²) in [5.41, 5.74) is 2.96. The van der Waals surface area contributed by atoms with Crippen LogP contribution in [0.5, 0.6) is 0 Å². The van der Waals surface area contributed by atoms with Crippen LogP contribution in [0.2, 0.25) is 0 Å². The van der Waals surface area contributed by atoms with Crippen LogP contribution >= 0.6 is 0 Å². The summed E-state index contributed by atoms with van der Waals surface area (Å²) in [6.07, 6.45) is 4.12. The molecule has 2 aromatic carbocycles. The summed E-state index contributed by atoms with van der Waals surface area (Å²) in [7, 11) is -4.25. The van der Waals surface area contributed by atoms with Crippen LogP contribution < -0.4 is 4.31 Å². The molecule has 3 aromatic rings. The Morgan fingerprint density at radius 1 is 1.00 bits per heavy atom. The molecule has 0 N–H and O–H groups in total. The van der Waals surface area contributed by atoms with Gasteiger partial charge in [-0.3, -0.25) is 4.79 Å². The van der Waals surface area contributed by atoms with E-state index in [2.05, 4.69) is 0 Å². The minimum Gasteiger partial charge on any atom is -0.462 e. The van der Waals surface area contributed by atoms with E-state index >= 15 is 0 Å². The van der Waals surface area contributed by atoms with Gasteiger partial charge in [0.05, 0.1) is 17.2 Å². The maximum Gasteiger partial charge on any atom is 0.342 e. The number of aryl methyl sites for hydroxylation is 4. The van der Waals surface area contributed by atoms with Crippen LogP contribution in [0, 0.1) is 33.6 Å². The number of hydrogen-bond donors (Lipinski definition) is 0. The van der Waals surface area contributed by atoms with Gasteiger partial charge in [-0.2, -0.15) is 0 Å². The van der Waals surface area contributed by atoms with E-state index in [0.717, 1.165) is 29.1 Å². The highest BCUT2D eigenvalue weighted by molar-refractivity contribution is 7.93. The number of carbonyl (C=O) groups is 2. The summed E-state index contributed by atoms with van der Waals surface area (Å²) in [6, 6.07) is 8.34. The van der Waals surface area contributed by atoms with Gasteiger partial charge in [0.1, 0.15) is 16.9 Å². The molecule has 0 aliphatic heterocycles. The van der Waals surface area contributed by atoms with E-state index in [1.54, 1.807) is 45.9 Å². The normalized spacial score (nSPS) is 14.7. The van der Waals surface area contributed by atoms with Crippen LogP contribution in [-0.4, -0.2) is 26.9 Å². The molecule has 1 aromatic heterocycles. The van der Waals surface area contributed by atoms with Crippen molar-refractivity contribution < 1.29 is 27.2 Å². The molecule has 0 saturated heterocycles. The van der Waals surface area contributed by atoms with E-state index in [4.69, 9.17) is 9.15 Å². The van der Waals surface area contributed by atoms with Gasteiger partial charge in [0.15, 0.2) is 0 Å². The van der Waals surface area contributed by atoms with E-state index in [0.29, 0.717) is 40.7 Å².